The van der Waals surface area contributed by atoms with Gasteiger partial charge in [-0.3, -0.25) is 0 Å². The van der Waals surface area contributed by atoms with Crippen LogP contribution < -0.4 is 5.32 Å². The highest BCUT2D eigenvalue weighted by atomic mass is 35.6. The van der Waals surface area contributed by atoms with Gasteiger partial charge in [0, 0.05) is 0 Å². The van der Waals surface area contributed by atoms with Crippen LogP contribution in [0, 0.1) is 0 Å². The molecule has 3 N–H and O–H groups in total. The van der Waals surface area contributed by atoms with Gasteiger partial charge in [0.25, 0.3) is 0 Å². The maximum atomic E-state index is 11.5. The number of halogens is 3. The van der Waals surface area contributed by atoms with Gasteiger partial charge in [-0.05, 0) is 5.56 Å². The number of carbonyl (C=O) groups is 2. The van der Waals surface area contributed by atoms with Crippen molar-refractivity contribution in [2.45, 2.75) is 22.5 Å². The van der Waals surface area contributed by atoms with Crippen LogP contribution in [0.15, 0.2) is 30.3 Å². The molecular weight excluding hydrogens is 344 g/mol. The fourth-order valence-corrected chi connectivity index (χ4v) is 1.73. The molecule has 1 aromatic rings. The Bertz CT molecular complexity index is 491. The van der Waals surface area contributed by atoms with Crippen molar-refractivity contribution in [2.24, 2.45) is 0 Å². The monoisotopic (exact) mass is 355 g/mol. The lowest BCUT2D eigenvalue weighted by atomic mass is 10.2. The number of aliphatic hydroxyl groups excluding tert-OH is 1. The first-order chi connectivity index (χ1) is 9.71. The number of carboxylic acids is 1. The van der Waals surface area contributed by atoms with Crippen LogP contribution in [-0.4, -0.2) is 38.2 Å². The molecule has 116 valence electrons. The number of alkyl carbamates (subject to hydrolysis) is 1. The summed E-state index contributed by atoms with van der Waals surface area (Å²) in [6.45, 7) is -0.0666. The summed E-state index contributed by atoms with van der Waals surface area (Å²) in [4.78, 5) is 22.5. The third-order valence-corrected chi connectivity index (χ3v) is 3.07. The van der Waals surface area contributed by atoms with E-state index in [9.17, 15) is 14.7 Å². The third-order valence-electron chi connectivity index (χ3n) is 2.40. The van der Waals surface area contributed by atoms with Gasteiger partial charge in [0.1, 0.15) is 12.7 Å². The summed E-state index contributed by atoms with van der Waals surface area (Å²) in [5.74, 6) is -1.56. The summed E-state index contributed by atoms with van der Waals surface area (Å²) in [6.07, 6.45) is -3.00. The van der Waals surface area contributed by atoms with Crippen LogP contribution in [0.1, 0.15) is 5.56 Å². The predicted octanol–water partition coefficient (Wildman–Crippen LogP) is 2.10. The Kier molecular flexibility index (Phi) is 6.54. The van der Waals surface area contributed by atoms with Crippen molar-refractivity contribution in [3.63, 3.8) is 0 Å². The van der Waals surface area contributed by atoms with E-state index < -0.39 is 28.0 Å². The summed E-state index contributed by atoms with van der Waals surface area (Å²) in [5, 5.41) is 20.5. The van der Waals surface area contributed by atoms with Crippen LogP contribution in [0.4, 0.5) is 4.79 Å². The van der Waals surface area contributed by atoms with E-state index in [2.05, 4.69) is 0 Å². The quantitative estimate of drug-likeness (QED) is 0.702. The fourth-order valence-electron chi connectivity index (χ4n) is 1.36. The first kappa shape index (κ1) is 17.8. The van der Waals surface area contributed by atoms with Gasteiger partial charge in [-0.15, -0.1) is 0 Å². The minimum Gasteiger partial charge on any atom is -0.480 e. The summed E-state index contributed by atoms with van der Waals surface area (Å²) in [7, 11) is 0. The minimum absolute atomic E-state index is 0.0666. The molecule has 21 heavy (non-hydrogen) atoms. The average Bonchev–Trinajstić information content (AvgIpc) is 2.41. The highest BCUT2D eigenvalue weighted by molar-refractivity contribution is 6.68. The minimum atomic E-state index is -2.27. The lowest BCUT2D eigenvalue weighted by Crippen LogP contribution is -2.53. The van der Waals surface area contributed by atoms with Crippen molar-refractivity contribution in [3.05, 3.63) is 35.9 Å². The largest absolute Gasteiger partial charge is 0.480 e. The molecule has 1 amide bonds. The number of alkyl halides is 3. The number of nitrogens with one attached hydrogen (secondary N) is 1. The normalized spacial score (nSPS) is 14.1. The number of rotatable bonds is 5. The molecule has 0 saturated heterocycles. The SMILES string of the molecule is O=C(NC(C(=O)O)C(O)C(Cl)(Cl)Cl)OCc1ccccc1. The molecule has 0 aromatic heterocycles. The Morgan fingerprint density at radius 1 is 1.24 bits per heavy atom. The predicted molar refractivity (Wildman–Crippen MR) is 77.5 cm³/mol. The lowest BCUT2D eigenvalue weighted by molar-refractivity contribution is -0.142. The van der Waals surface area contributed by atoms with Gasteiger partial charge in [-0.25, -0.2) is 9.59 Å². The number of aliphatic hydroxyl groups is 1. The molecule has 0 aliphatic rings. The lowest BCUT2D eigenvalue weighted by Gasteiger charge is -2.25. The van der Waals surface area contributed by atoms with Gasteiger partial charge in [-0.2, -0.15) is 0 Å². The van der Waals surface area contributed by atoms with Crippen molar-refractivity contribution in [2.75, 3.05) is 0 Å². The Balaban J connectivity index is 2.59. The van der Waals surface area contributed by atoms with E-state index in [1.807, 2.05) is 5.32 Å². The summed E-state index contributed by atoms with van der Waals surface area (Å²) >= 11 is 16.2. The molecule has 0 aliphatic heterocycles. The zero-order valence-corrected chi connectivity index (χ0v) is 12.8. The number of benzene rings is 1. The van der Waals surface area contributed by atoms with Gasteiger partial charge < -0.3 is 20.3 Å². The highest BCUT2D eigenvalue weighted by Crippen LogP contribution is 2.32. The Labute approximate surface area is 135 Å². The van der Waals surface area contributed by atoms with Gasteiger partial charge in [0.05, 0.1) is 0 Å². The smallest absolute Gasteiger partial charge is 0.408 e. The zero-order valence-electron chi connectivity index (χ0n) is 10.5. The molecule has 2 unspecified atom stereocenters. The van der Waals surface area contributed by atoms with Crippen molar-refractivity contribution >= 4 is 46.9 Å². The number of aliphatic carboxylic acids is 1. The van der Waals surface area contributed by atoms with Crippen LogP contribution in [0.3, 0.4) is 0 Å². The van der Waals surface area contributed by atoms with Crippen LogP contribution in [0.25, 0.3) is 0 Å². The van der Waals surface area contributed by atoms with E-state index in [1.165, 1.54) is 0 Å². The van der Waals surface area contributed by atoms with E-state index >= 15 is 0 Å². The average molecular weight is 357 g/mol. The maximum Gasteiger partial charge on any atom is 0.408 e. The third kappa shape index (κ3) is 5.97. The second kappa shape index (κ2) is 7.70. The van der Waals surface area contributed by atoms with E-state index in [4.69, 9.17) is 44.6 Å². The zero-order chi connectivity index (χ0) is 16.0. The molecule has 6 nitrogen and oxygen atoms in total. The molecule has 2 atom stereocenters. The molecule has 9 heteroatoms. The maximum absolute atomic E-state index is 11.5. The number of hydrogen-bond donors (Lipinski definition) is 3. The molecule has 0 radical (unpaired) electrons. The molecule has 0 fully saturated rings. The van der Waals surface area contributed by atoms with Gasteiger partial charge >= 0.3 is 12.1 Å². The van der Waals surface area contributed by atoms with Gasteiger partial charge in [0.2, 0.25) is 3.79 Å². The van der Waals surface area contributed by atoms with Crippen molar-refractivity contribution in [1.82, 2.24) is 5.32 Å². The number of hydrogen-bond acceptors (Lipinski definition) is 4. The Hall–Kier alpha value is -1.21. The van der Waals surface area contributed by atoms with E-state index in [0.717, 1.165) is 0 Å². The van der Waals surface area contributed by atoms with E-state index in [0.29, 0.717) is 5.56 Å². The summed E-state index contributed by atoms with van der Waals surface area (Å²) < 4.78 is 2.55. The first-order valence-corrected chi connectivity index (χ1v) is 6.80. The molecule has 0 aliphatic carbocycles. The second-order valence-corrected chi connectivity index (χ2v) is 6.38. The first-order valence-electron chi connectivity index (χ1n) is 5.66. The van der Waals surface area contributed by atoms with Crippen LogP contribution in [0.2, 0.25) is 0 Å². The van der Waals surface area contributed by atoms with Crippen molar-refractivity contribution < 1.29 is 24.5 Å². The molecule has 1 rings (SSSR count). The summed E-state index contributed by atoms with van der Waals surface area (Å²) in [6, 6.07) is 6.92. The highest BCUT2D eigenvalue weighted by Gasteiger charge is 2.42. The van der Waals surface area contributed by atoms with E-state index in [1.54, 1.807) is 30.3 Å². The summed E-state index contributed by atoms with van der Waals surface area (Å²) in [5.41, 5.74) is 0.710. The molecule has 0 heterocycles. The van der Waals surface area contributed by atoms with Gasteiger partial charge in [-0.1, -0.05) is 65.1 Å². The van der Waals surface area contributed by atoms with Crippen LogP contribution >= 0.6 is 34.8 Å². The molecule has 0 saturated carbocycles. The molecule has 1 aromatic carbocycles. The van der Waals surface area contributed by atoms with Crippen LogP contribution in [-0.2, 0) is 16.1 Å². The number of carbonyl (C=O) groups excluding carboxylic acids is 1. The van der Waals surface area contributed by atoms with Gasteiger partial charge in [0.15, 0.2) is 6.04 Å². The van der Waals surface area contributed by atoms with E-state index in [-0.39, 0.29) is 6.61 Å². The molecular formula is C12H12Cl3NO5. The second-order valence-electron chi connectivity index (χ2n) is 4.01. The number of amides is 1. The number of carboxylic acid groups (broad SMARTS) is 1. The standard InChI is InChI=1S/C12H12Cl3NO5/c13-12(14,15)9(17)8(10(18)19)16-11(20)21-6-7-4-2-1-3-5-7/h1-5,8-9,17H,6H2,(H,16,20)(H,18,19). The topological polar surface area (TPSA) is 95.9 Å². The Morgan fingerprint density at radius 3 is 2.29 bits per heavy atom. The number of ether oxygens (including phenoxy) is 1. The molecule has 0 spiro atoms. The van der Waals surface area contributed by atoms with Crippen molar-refractivity contribution in [1.29, 1.82) is 0 Å². The van der Waals surface area contributed by atoms with Crippen molar-refractivity contribution in [3.8, 4) is 0 Å². The molecule has 0 bridgehead atoms. The van der Waals surface area contributed by atoms with Crippen LogP contribution in [0.5, 0.6) is 0 Å². The Morgan fingerprint density at radius 2 is 1.81 bits per heavy atom. The fraction of sp³-hybridized carbons (Fsp3) is 0.333.